The number of carbonyl (C=O) groups excluding carboxylic acids is 4. The van der Waals surface area contributed by atoms with Crippen molar-refractivity contribution in [1.82, 2.24) is 14.7 Å². The maximum absolute atomic E-state index is 14.6. The summed E-state index contributed by atoms with van der Waals surface area (Å²) in [6.07, 6.45) is 8.76. The van der Waals surface area contributed by atoms with E-state index in [1.165, 1.54) is 4.90 Å². The van der Waals surface area contributed by atoms with E-state index in [0.717, 1.165) is 37.7 Å². The van der Waals surface area contributed by atoms with Crippen LogP contribution in [0.2, 0.25) is 0 Å². The Hall–Kier alpha value is -3.50. The van der Waals surface area contributed by atoms with Gasteiger partial charge in [0.1, 0.15) is 17.7 Å². The second-order valence-electron chi connectivity index (χ2n) is 13.7. The van der Waals surface area contributed by atoms with Crippen molar-refractivity contribution in [3.8, 4) is 0 Å². The van der Waals surface area contributed by atoms with Gasteiger partial charge in [0.25, 0.3) is 0 Å². The number of aliphatic hydroxyl groups is 1. The highest BCUT2D eigenvalue weighted by molar-refractivity contribution is 5.98. The van der Waals surface area contributed by atoms with Crippen molar-refractivity contribution < 1.29 is 33.8 Å². The molecule has 1 spiro atoms. The lowest BCUT2D eigenvalue weighted by Gasteiger charge is -2.41. The summed E-state index contributed by atoms with van der Waals surface area (Å²) in [5.41, 5.74) is -0.477. The molecule has 5 rings (SSSR count). The third-order valence-electron chi connectivity index (χ3n) is 11.0. The smallest absolute Gasteiger partial charge is 0.313 e. The number of carbonyl (C=O) groups is 4. The van der Waals surface area contributed by atoms with Gasteiger partial charge in [-0.05, 0) is 51.5 Å². The lowest BCUT2D eigenvalue weighted by Crippen LogP contribution is -2.60. The Bertz CT molecular complexity index is 1330. The van der Waals surface area contributed by atoms with Crippen molar-refractivity contribution in [2.75, 3.05) is 20.2 Å². The topological polar surface area (TPSA) is 117 Å². The zero-order valence-corrected chi connectivity index (χ0v) is 28.1. The molecule has 0 aromatic heterocycles. The van der Waals surface area contributed by atoms with E-state index < -0.39 is 53.7 Å². The minimum atomic E-state index is -1.20. The molecule has 1 aliphatic carbocycles. The average molecular weight is 650 g/mol. The summed E-state index contributed by atoms with van der Waals surface area (Å²) in [5.74, 6) is -3.10. The fourth-order valence-electron chi connectivity index (χ4n) is 8.43. The number of rotatable bonds is 14. The zero-order chi connectivity index (χ0) is 33.9. The maximum Gasteiger partial charge on any atom is 0.313 e. The van der Waals surface area contributed by atoms with Crippen molar-refractivity contribution in [2.24, 2.45) is 11.8 Å². The van der Waals surface area contributed by atoms with E-state index in [9.17, 15) is 24.3 Å². The molecule has 256 valence electrons. The average Bonchev–Trinajstić information content (AvgIpc) is 3.75. The van der Waals surface area contributed by atoms with Crippen molar-refractivity contribution in [3.63, 3.8) is 0 Å². The van der Waals surface area contributed by atoms with E-state index in [4.69, 9.17) is 9.47 Å². The van der Waals surface area contributed by atoms with Crippen LogP contribution in [-0.4, -0.2) is 99.6 Å². The number of ether oxygens (including phenoxy) is 2. The molecule has 0 unspecified atom stereocenters. The second kappa shape index (κ2) is 14.7. The van der Waals surface area contributed by atoms with Crippen LogP contribution in [0.5, 0.6) is 0 Å². The number of fused-ring (bicyclic) bond motifs is 1. The molecule has 10 nitrogen and oxygen atoms in total. The number of benzene rings is 1. The number of allylic oxidation sites excluding steroid dienone is 1. The summed E-state index contributed by atoms with van der Waals surface area (Å²) in [7, 11) is 1.70. The van der Waals surface area contributed by atoms with Gasteiger partial charge < -0.3 is 29.3 Å². The number of hydrogen-bond acceptors (Lipinski definition) is 7. The number of nitrogens with zero attached hydrogens (tertiary/aromatic N) is 3. The highest BCUT2D eigenvalue weighted by atomic mass is 16.6. The van der Waals surface area contributed by atoms with Crippen LogP contribution >= 0.6 is 0 Å². The summed E-state index contributed by atoms with van der Waals surface area (Å²) in [6.45, 7) is 11.2. The Morgan fingerprint density at radius 1 is 1.11 bits per heavy atom. The summed E-state index contributed by atoms with van der Waals surface area (Å²) in [5, 5.41) is 10.3. The van der Waals surface area contributed by atoms with Gasteiger partial charge in [-0.25, -0.2) is 0 Å². The fourth-order valence-corrected chi connectivity index (χ4v) is 8.43. The number of esters is 1. The van der Waals surface area contributed by atoms with Crippen LogP contribution in [0.25, 0.3) is 0 Å². The molecular formula is C37H51N3O7. The first-order valence-electron chi connectivity index (χ1n) is 17.2. The molecule has 1 aromatic rings. The molecule has 1 saturated carbocycles. The van der Waals surface area contributed by atoms with Gasteiger partial charge in [0.2, 0.25) is 17.7 Å². The monoisotopic (exact) mass is 649 g/mol. The van der Waals surface area contributed by atoms with E-state index in [2.05, 4.69) is 13.2 Å². The Labute approximate surface area is 278 Å². The highest BCUT2D eigenvalue weighted by Crippen LogP contribution is 2.59. The van der Waals surface area contributed by atoms with E-state index in [0.29, 0.717) is 25.8 Å². The summed E-state index contributed by atoms with van der Waals surface area (Å²) < 4.78 is 12.9. The minimum absolute atomic E-state index is 0.0322. The predicted molar refractivity (Wildman–Crippen MR) is 177 cm³/mol. The Morgan fingerprint density at radius 2 is 1.81 bits per heavy atom. The standard InChI is InChI=1S/C37H51N3O7/c1-6-8-19-29(42)38(5)25(4)32(26-15-11-9-12-16-26)46-36(45)30-28-20-21-37(47-28)31(30)34(43)40(24(3)23-41)33(37)35(44)39(22-7-2)27-17-13-10-14-18-27/h6-7,9,11-12,15-16,24-25,27-28,30-33,41H,1-2,8,10,13-14,17-23H2,3-5H3/t24-,25-,28+,30-,31-,32+,33+,37-/m1/s1. The first kappa shape index (κ1) is 34.8. The Morgan fingerprint density at radius 3 is 2.45 bits per heavy atom. The summed E-state index contributed by atoms with van der Waals surface area (Å²) >= 11 is 0. The van der Waals surface area contributed by atoms with Gasteiger partial charge in [-0.3, -0.25) is 19.2 Å². The molecule has 1 aromatic carbocycles. The third kappa shape index (κ3) is 6.38. The van der Waals surface area contributed by atoms with E-state index in [1.807, 2.05) is 42.2 Å². The van der Waals surface area contributed by atoms with Crippen LogP contribution in [0.3, 0.4) is 0 Å². The molecule has 47 heavy (non-hydrogen) atoms. The molecule has 4 fully saturated rings. The number of aliphatic hydroxyl groups excluding tert-OH is 1. The summed E-state index contributed by atoms with van der Waals surface area (Å²) in [4.78, 5) is 61.3. The minimum Gasteiger partial charge on any atom is -0.455 e. The molecule has 3 aliphatic heterocycles. The van der Waals surface area contributed by atoms with Gasteiger partial charge in [-0.2, -0.15) is 0 Å². The predicted octanol–water partition coefficient (Wildman–Crippen LogP) is 4.19. The maximum atomic E-state index is 14.6. The van der Waals surface area contributed by atoms with Gasteiger partial charge >= 0.3 is 5.97 Å². The Kier molecular flexibility index (Phi) is 10.9. The fraction of sp³-hybridized carbons (Fsp3) is 0.622. The van der Waals surface area contributed by atoms with E-state index in [1.54, 1.807) is 31.0 Å². The van der Waals surface area contributed by atoms with Gasteiger partial charge in [0.05, 0.1) is 36.6 Å². The molecule has 2 bridgehead atoms. The number of hydrogen-bond donors (Lipinski definition) is 1. The van der Waals surface area contributed by atoms with Crippen molar-refractivity contribution in [1.29, 1.82) is 0 Å². The van der Waals surface area contributed by atoms with Crippen molar-refractivity contribution in [2.45, 2.75) is 114 Å². The number of likely N-dealkylation sites (tertiary alicyclic amines) is 1. The molecule has 4 aliphatic rings. The van der Waals surface area contributed by atoms with E-state index in [-0.39, 0.29) is 36.8 Å². The van der Waals surface area contributed by atoms with Crippen LogP contribution in [0, 0.1) is 11.8 Å². The molecule has 8 atom stereocenters. The molecule has 1 N–H and O–H groups in total. The molecule has 3 amide bonds. The number of likely N-dealkylation sites (N-methyl/N-ethyl adjacent to an activating group) is 1. The number of amides is 3. The van der Waals surface area contributed by atoms with Gasteiger partial charge in [-0.1, -0.05) is 61.7 Å². The van der Waals surface area contributed by atoms with Gasteiger partial charge in [0, 0.05) is 26.1 Å². The molecule has 10 heteroatoms. The van der Waals surface area contributed by atoms with E-state index >= 15 is 0 Å². The van der Waals surface area contributed by atoms with Crippen LogP contribution in [-0.2, 0) is 28.7 Å². The zero-order valence-electron chi connectivity index (χ0n) is 28.1. The molecular weight excluding hydrogens is 598 g/mol. The lowest BCUT2D eigenvalue weighted by molar-refractivity contribution is -0.165. The van der Waals surface area contributed by atoms with Crippen LogP contribution in [0.15, 0.2) is 55.6 Å². The Balaban J connectivity index is 1.47. The largest absolute Gasteiger partial charge is 0.455 e. The first-order valence-corrected chi connectivity index (χ1v) is 17.2. The lowest BCUT2D eigenvalue weighted by atomic mass is 9.70. The van der Waals surface area contributed by atoms with Crippen LogP contribution in [0.4, 0.5) is 0 Å². The molecule has 0 radical (unpaired) electrons. The van der Waals surface area contributed by atoms with Crippen molar-refractivity contribution in [3.05, 3.63) is 61.2 Å². The SMILES string of the molecule is C=CCCC(=O)N(C)[C@H](C)[C@H](OC(=O)[C@@H]1[C@@H]2CC[C@]3(O2)[C@H](C(=O)N(CC=C)C2CCCCC2)N([C@H](C)CO)C(=O)[C@@H]13)c1ccccc1. The third-order valence-corrected chi connectivity index (χ3v) is 11.0. The van der Waals surface area contributed by atoms with Crippen LogP contribution in [0.1, 0.15) is 83.3 Å². The first-order chi connectivity index (χ1) is 22.6. The van der Waals surface area contributed by atoms with Crippen molar-refractivity contribution >= 4 is 23.7 Å². The molecule has 3 saturated heterocycles. The second-order valence-corrected chi connectivity index (χ2v) is 13.7. The normalized spacial score (nSPS) is 28.7. The molecule has 3 heterocycles. The highest BCUT2D eigenvalue weighted by Gasteiger charge is 2.75. The van der Waals surface area contributed by atoms with Crippen LogP contribution < -0.4 is 0 Å². The quantitative estimate of drug-likeness (QED) is 0.237. The van der Waals surface area contributed by atoms with Gasteiger partial charge in [-0.15, -0.1) is 13.2 Å². The van der Waals surface area contributed by atoms with Gasteiger partial charge in [0.15, 0.2) is 0 Å². The summed E-state index contributed by atoms with van der Waals surface area (Å²) in [6, 6.07) is 7.19.